The maximum absolute atomic E-state index is 8.72. The molecule has 0 fully saturated rings. The fraction of sp³-hybridized carbons (Fsp3) is 0.500. The van der Waals surface area contributed by atoms with Gasteiger partial charge in [-0.1, -0.05) is 54.5 Å². The van der Waals surface area contributed by atoms with Crippen molar-refractivity contribution in [1.82, 2.24) is 0 Å². The van der Waals surface area contributed by atoms with E-state index in [4.69, 9.17) is 5.53 Å². The van der Waals surface area contributed by atoms with Crippen LogP contribution in [0.2, 0.25) is 0 Å². The molecule has 106 valence electrons. The fourth-order valence-electron chi connectivity index (χ4n) is 2.14. The Morgan fingerprint density at radius 1 is 1.40 bits per heavy atom. The van der Waals surface area contributed by atoms with Crippen LogP contribution >= 0.6 is 0 Å². The monoisotopic (exact) mass is 285 g/mol. The highest BCUT2D eigenvalue weighted by Crippen LogP contribution is 2.09. The molecular weight excluding hydrogens is 262 g/mol. The van der Waals surface area contributed by atoms with Crippen molar-refractivity contribution in [3.63, 3.8) is 0 Å². The molecule has 0 saturated carbocycles. The molecule has 1 atom stereocenters. The zero-order chi connectivity index (χ0) is 14.8. The summed E-state index contributed by atoms with van der Waals surface area (Å²) in [5, 5.41) is 5.32. The van der Waals surface area contributed by atoms with Gasteiger partial charge in [-0.05, 0) is 42.7 Å². The summed E-state index contributed by atoms with van der Waals surface area (Å²) in [6, 6.07) is 8.51. The average Bonchev–Trinajstić information content (AvgIpc) is 2.40. The maximum Gasteiger partial charge on any atom is 0.0915 e. The molecule has 3 nitrogen and oxygen atoms in total. The molecule has 0 aliphatic heterocycles. The van der Waals surface area contributed by atoms with Crippen LogP contribution in [0.5, 0.6) is 0 Å². The van der Waals surface area contributed by atoms with Gasteiger partial charge in [-0.25, -0.2) is 0 Å². The first-order chi connectivity index (χ1) is 9.67. The first-order valence-electron chi connectivity index (χ1n) is 7.17. The molecule has 1 rings (SSSR count). The van der Waals surface area contributed by atoms with Gasteiger partial charge < -0.3 is 0 Å². The summed E-state index contributed by atoms with van der Waals surface area (Å²) in [5.41, 5.74) is 10.2. The zero-order valence-electron chi connectivity index (χ0n) is 12.4. The number of azide groups is 1. The predicted molar refractivity (Wildman–Crippen MR) is 87.4 cm³/mol. The van der Waals surface area contributed by atoms with E-state index in [1.54, 1.807) is 0 Å². The van der Waals surface area contributed by atoms with Gasteiger partial charge >= 0.3 is 0 Å². The van der Waals surface area contributed by atoms with Crippen molar-refractivity contribution in [2.24, 2.45) is 11.0 Å². The third kappa shape index (κ3) is 6.09. The predicted octanol–water partition coefficient (Wildman–Crippen LogP) is 4.21. The number of hydrogen-bond acceptors (Lipinski definition) is 1. The molecule has 1 aromatic carbocycles. The van der Waals surface area contributed by atoms with Gasteiger partial charge in [0.1, 0.15) is 0 Å². The summed E-state index contributed by atoms with van der Waals surface area (Å²) in [6.45, 7) is 8.10. The fourth-order valence-corrected chi connectivity index (χ4v) is 3.78. The van der Waals surface area contributed by atoms with Crippen LogP contribution in [0.1, 0.15) is 38.7 Å². The van der Waals surface area contributed by atoms with Crippen molar-refractivity contribution >= 4 is 14.7 Å². The Morgan fingerprint density at radius 2 is 2.15 bits per heavy atom. The van der Waals surface area contributed by atoms with Gasteiger partial charge in [-0.15, -0.1) is 6.58 Å². The van der Waals surface area contributed by atoms with Gasteiger partial charge in [0.15, 0.2) is 0 Å². The molecule has 2 radical (unpaired) electrons. The summed E-state index contributed by atoms with van der Waals surface area (Å²) >= 11 is 0. The summed E-state index contributed by atoms with van der Waals surface area (Å²) in [4.78, 5) is 3.01. The van der Waals surface area contributed by atoms with E-state index in [-0.39, 0.29) is 5.67 Å². The third-order valence-corrected chi connectivity index (χ3v) is 4.56. The molecule has 0 aliphatic rings. The third-order valence-electron chi connectivity index (χ3n) is 3.08. The van der Waals surface area contributed by atoms with E-state index >= 15 is 0 Å². The normalized spacial score (nSPS) is 11.9. The Hall–Kier alpha value is -1.51. The Bertz CT molecular complexity index is 465. The number of allylic oxidation sites excluding steroid dienone is 1. The lowest BCUT2D eigenvalue weighted by atomic mass is 10.1. The van der Waals surface area contributed by atoms with E-state index in [0.717, 1.165) is 25.7 Å². The molecule has 0 N–H and O–H groups in total. The molecule has 1 aromatic rings. The second-order valence-corrected chi connectivity index (χ2v) is 6.83. The standard InChI is InChI=1S/C16H23N3Si/c1-4-5-6-9-14-10-7-8-11-15(14)20-16(18-19-17)12-13(2)3/h4,7-8,10-11,13,16H,1,5-6,9,12H2,2-3H3. The summed E-state index contributed by atoms with van der Waals surface area (Å²) in [7, 11) is 0.560. The number of unbranched alkanes of at least 4 members (excludes halogenated alkanes) is 1. The van der Waals surface area contributed by atoms with Gasteiger partial charge in [0.25, 0.3) is 0 Å². The largest absolute Gasteiger partial charge is 0.103 e. The summed E-state index contributed by atoms with van der Waals surface area (Å²) < 4.78 is 0. The van der Waals surface area contributed by atoms with Crippen LogP contribution < -0.4 is 5.19 Å². The Kier molecular flexibility index (Phi) is 7.77. The van der Waals surface area contributed by atoms with Crippen molar-refractivity contribution in [2.75, 3.05) is 0 Å². The van der Waals surface area contributed by atoms with Crippen molar-refractivity contribution in [1.29, 1.82) is 0 Å². The van der Waals surface area contributed by atoms with E-state index in [1.165, 1.54) is 10.8 Å². The Morgan fingerprint density at radius 3 is 2.80 bits per heavy atom. The van der Waals surface area contributed by atoms with Crippen LogP contribution in [0.15, 0.2) is 42.0 Å². The van der Waals surface area contributed by atoms with Crippen LogP contribution in [0.3, 0.4) is 0 Å². The van der Waals surface area contributed by atoms with Crippen molar-refractivity contribution in [3.05, 3.63) is 52.9 Å². The molecule has 0 heterocycles. The van der Waals surface area contributed by atoms with Gasteiger partial charge in [0.05, 0.1) is 9.52 Å². The number of rotatable bonds is 9. The highest BCUT2D eigenvalue weighted by Gasteiger charge is 2.13. The summed E-state index contributed by atoms with van der Waals surface area (Å²) in [6.07, 6.45) is 6.15. The highest BCUT2D eigenvalue weighted by molar-refractivity contribution is 6.55. The molecule has 0 spiro atoms. The van der Waals surface area contributed by atoms with E-state index in [1.807, 2.05) is 6.08 Å². The minimum absolute atomic E-state index is 0.0838. The smallest absolute Gasteiger partial charge is 0.0915 e. The minimum atomic E-state index is 0.0838. The molecule has 0 aliphatic carbocycles. The van der Waals surface area contributed by atoms with E-state index in [2.05, 4.69) is 54.7 Å². The molecule has 0 aromatic heterocycles. The van der Waals surface area contributed by atoms with Crippen LogP contribution in [-0.4, -0.2) is 15.2 Å². The van der Waals surface area contributed by atoms with Gasteiger partial charge in [0, 0.05) is 10.6 Å². The number of hydrogen-bond donors (Lipinski definition) is 0. The number of aryl methyl sites for hydroxylation is 1. The lowest BCUT2D eigenvalue weighted by Gasteiger charge is -2.15. The first kappa shape index (κ1) is 16.5. The molecule has 0 amide bonds. The molecule has 1 unspecified atom stereocenters. The van der Waals surface area contributed by atoms with Crippen molar-refractivity contribution in [3.8, 4) is 0 Å². The van der Waals surface area contributed by atoms with E-state index in [9.17, 15) is 0 Å². The van der Waals surface area contributed by atoms with Gasteiger partial charge in [0.2, 0.25) is 0 Å². The van der Waals surface area contributed by atoms with E-state index < -0.39 is 0 Å². The van der Waals surface area contributed by atoms with E-state index in [0.29, 0.717) is 15.4 Å². The van der Waals surface area contributed by atoms with Crippen LogP contribution in [0.25, 0.3) is 10.4 Å². The van der Waals surface area contributed by atoms with Crippen LogP contribution in [-0.2, 0) is 6.42 Å². The molecule has 0 saturated heterocycles. The molecule has 20 heavy (non-hydrogen) atoms. The SMILES string of the molecule is C=CCCCc1ccccc1[Si]C(CC(C)C)N=[N+]=[N-]. The molecule has 0 bridgehead atoms. The van der Waals surface area contributed by atoms with Gasteiger partial charge in [-0.3, -0.25) is 0 Å². The Balaban J connectivity index is 2.77. The maximum atomic E-state index is 8.72. The zero-order valence-corrected chi connectivity index (χ0v) is 13.4. The minimum Gasteiger partial charge on any atom is -0.103 e. The highest BCUT2D eigenvalue weighted by atomic mass is 28.2. The van der Waals surface area contributed by atoms with Crippen LogP contribution in [0.4, 0.5) is 0 Å². The Labute approximate surface area is 124 Å². The van der Waals surface area contributed by atoms with Gasteiger partial charge in [-0.2, -0.15) is 0 Å². The average molecular weight is 285 g/mol. The number of benzene rings is 1. The van der Waals surface area contributed by atoms with Crippen molar-refractivity contribution < 1.29 is 0 Å². The van der Waals surface area contributed by atoms with Crippen molar-refractivity contribution in [2.45, 2.75) is 45.2 Å². The molecule has 4 heteroatoms. The topological polar surface area (TPSA) is 48.8 Å². The lowest BCUT2D eigenvalue weighted by molar-refractivity contribution is 0.568. The first-order valence-corrected chi connectivity index (χ1v) is 8.24. The molecular formula is C16H23N3Si. The van der Waals surface area contributed by atoms with Crippen LogP contribution in [0, 0.1) is 5.92 Å². The second-order valence-electron chi connectivity index (χ2n) is 5.33. The second kappa shape index (κ2) is 9.40. The summed E-state index contributed by atoms with van der Waals surface area (Å²) in [5.74, 6) is 0.547. The lowest BCUT2D eigenvalue weighted by Crippen LogP contribution is -2.30. The quantitative estimate of drug-likeness (QED) is 0.163. The number of nitrogens with zero attached hydrogens (tertiary/aromatic N) is 3.